The number of hydrogen-bond acceptors (Lipinski definition) is 3. The number of carbonyl (C=O) groups is 1. The van der Waals surface area contributed by atoms with Crippen molar-refractivity contribution in [2.24, 2.45) is 0 Å². The van der Waals surface area contributed by atoms with Crippen LogP contribution < -0.4 is 5.32 Å². The highest BCUT2D eigenvalue weighted by atomic mass is 16.5. The van der Waals surface area contributed by atoms with E-state index < -0.39 is 0 Å². The Morgan fingerprint density at radius 3 is 3.00 bits per heavy atom. The van der Waals surface area contributed by atoms with E-state index in [4.69, 9.17) is 0 Å². The number of rotatable bonds is 4. The van der Waals surface area contributed by atoms with Crippen molar-refractivity contribution in [3.05, 3.63) is 12.8 Å². The zero-order chi connectivity index (χ0) is 7.11. The van der Waals surface area contributed by atoms with Crippen LogP contribution in [0.15, 0.2) is 12.8 Å². The molecule has 0 atom stereocenters. The number of ether oxygens (including phenoxy) is 1. The third-order valence-corrected chi connectivity index (χ3v) is 0.845. The van der Waals surface area contributed by atoms with Crippen LogP contribution in [0.5, 0.6) is 0 Å². The van der Waals surface area contributed by atoms with Crippen LogP contribution in [-0.4, -0.2) is 19.6 Å². The molecule has 0 aliphatic carbocycles. The molecule has 0 aromatic heterocycles. The molecule has 0 saturated heterocycles. The standard InChI is InChI=1S/C6H11NO2/c1-3-7-5-4-6(8)9-2/h3,7H,1,4-5H2,2H3. The minimum absolute atomic E-state index is 0.204. The maximum atomic E-state index is 10.4. The monoisotopic (exact) mass is 129 g/mol. The Kier molecular flexibility index (Phi) is 4.59. The fourth-order valence-electron chi connectivity index (χ4n) is 0.378. The first-order valence-electron chi connectivity index (χ1n) is 2.72. The van der Waals surface area contributed by atoms with Gasteiger partial charge in [-0.25, -0.2) is 0 Å². The lowest BCUT2D eigenvalue weighted by atomic mass is 10.4. The Labute approximate surface area is 54.7 Å². The van der Waals surface area contributed by atoms with Crippen LogP contribution in [0.3, 0.4) is 0 Å². The average molecular weight is 129 g/mol. The molecule has 0 aromatic rings. The Balaban J connectivity index is 3.06. The van der Waals surface area contributed by atoms with E-state index in [1.165, 1.54) is 7.11 Å². The summed E-state index contributed by atoms with van der Waals surface area (Å²) in [6.45, 7) is 4.01. The van der Waals surface area contributed by atoms with Crippen molar-refractivity contribution in [1.29, 1.82) is 0 Å². The third kappa shape index (κ3) is 4.87. The molecule has 0 amide bonds. The van der Waals surface area contributed by atoms with E-state index in [2.05, 4.69) is 16.6 Å². The van der Waals surface area contributed by atoms with Crippen molar-refractivity contribution in [2.75, 3.05) is 13.7 Å². The topological polar surface area (TPSA) is 38.3 Å². The molecular formula is C6H11NO2. The van der Waals surface area contributed by atoms with Gasteiger partial charge in [-0.2, -0.15) is 0 Å². The molecule has 9 heavy (non-hydrogen) atoms. The second-order valence-corrected chi connectivity index (χ2v) is 1.48. The molecule has 0 aromatic carbocycles. The van der Waals surface area contributed by atoms with Crippen LogP contribution in [0.4, 0.5) is 0 Å². The van der Waals surface area contributed by atoms with Crippen LogP contribution in [0.2, 0.25) is 0 Å². The molecule has 52 valence electrons. The predicted octanol–water partition coefficient (Wildman–Crippen LogP) is 0.283. The van der Waals surface area contributed by atoms with E-state index in [0.717, 1.165) is 0 Å². The van der Waals surface area contributed by atoms with E-state index in [1.54, 1.807) is 6.20 Å². The minimum atomic E-state index is -0.204. The first kappa shape index (κ1) is 8.01. The third-order valence-electron chi connectivity index (χ3n) is 0.845. The van der Waals surface area contributed by atoms with Gasteiger partial charge in [-0.05, 0) is 6.20 Å². The lowest BCUT2D eigenvalue weighted by molar-refractivity contribution is -0.140. The van der Waals surface area contributed by atoms with Crippen LogP contribution in [-0.2, 0) is 9.53 Å². The van der Waals surface area contributed by atoms with E-state index in [1.807, 2.05) is 0 Å². The Bertz CT molecular complexity index is 101. The Morgan fingerprint density at radius 2 is 2.56 bits per heavy atom. The minimum Gasteiger partial charge on any atom is -0.469 e. The number of esters is 1. The van der Waals surface area contributed by atoms with Crippen molar-refractivity contribution in [3.63, 3.8) is 0 Å². The molecule has 0 unspecified atom stereocenters. The summed E-state index contributed by atoms with van der Waals surface area (Å²) in [7, 11) is 1.37. The molecule has 0 saturated carbocycles. The molecule has 0 bridgehead atoms. The molecule has 3 heteroatoms. The molecule has 0 heterocycles. The molecule has 0 aliphatic rings. The fraction of sp³-hybridized carbons (Fsp3) is 0.500. The summed E-state index contributed by atoms with van der Waals surface area (Å²) in [5.41, 5.74) is 0. The van der Waals surface area contributed by atoms with Gasteiger partial charge in [0.15, 0.2) is 0 Å². The number of hydrogen-bond donors (Lipinski definition) is 1. The molecule has 0 radical (unpaired) electrons. The summed E-state index contributed by atoms with van der Waals surface area (Å²) < 4.78 is 4.38. The highest BCUT2D eigenvalue weighted by Crippen LogP contribution is 1.79. The van der Waals surface area contributed by atoms with Crippen LogP contribution >= 0.6 is 0 Å². The second-order valence-electron chi connectivity index (χ2n) is 1.48. The van der Waals surface area contributed by atoms with Gasteiger partial charge < -0.3 is 10.1 Å². The van der Waals surface area contributed by atoms with Crippen LogP contribution in [0.1, 0.15) is 6.42 Å². The van der Waals surface area contributed by atoms with E-state index in [9.17, 15) is 4.79 Å². The molecule has 0 rings (SSSR count). The van der Waals surface area contributed by atoms with Crippen molar-refractivity contribution < 1.29 is 9.53 Å². The van der Waals surface area contributed by atoms with E-state index >= 15 is 0 Å². The normalized spacial score (nSPS) is 8.11. The summed E-state index contributed by atoms with van der Waals surface area (Å²) in [6, 6.07) is 0. The van der Waals surface area contributed by atoms with Gasteiger partial charge in [-0.3, -0.25) is 4.79 Å². The maximum Gasteiger partial charge on any atom is 0.307 e. The van der Waals surface area contributed by atoms with Gasteiger partial charge in [-0.15, -0.1) is 0 Å². The zero-order valence-electron chi connectivity index (χ0n) is 5.52. The summed E-state index contributed by atoms with van der Waals surface area (Å²) in [5.74, 6) is -0.204. The van der Waals surface area contributed by atoms with Gasteiger partial charge in [0.25, 0.3) is 0 Å². The number of nitrogens with one attached hydrogen (secondary N) is 1. The quantitative estimate of drug-likeness (QED) is 0.437. The van der Waals surface area contributed by atoms with E-state index in [-0.39, 0.29) is 5.97 Å². The van der Waals surface area contributed by atoms with Crippen LogP contribution in [0.25, 0.3) is 0 Å². The fourth-order valence-corrected chi connectivity index (χ4v) is 0.378. The van der Waals surface area contributed by atoms with Gasteiger partial charge >= 0.3 is 5.97 Å². The number of methoxy groups -OCH3 is 1. The molecular weight excluding hydrogens is 118 g/mol. The van der Waals surface area contributed by atoms with Gasteiger partial charge in [0.05, 0.1) is 13.5 Å². The molecule has 0 spiro atoms. The van der Waals surface area contributed by atoms with Crippen LogP contribution in [0, 0.1) is 0 Å². The lowest BCUT2D eigenvalue weighted by Crippen LogP contribution is -2.12. The predicted molar refractivity (Wildman–Crippen MR) is 34.8 cm³/mol. The number of carbonyl (C=O) groups excluding carboxylic acids is 1. The second kappa shape index (κ2) is 5.15. The first-order chi connectivity index (χ1) is 4.31. The van der Waals surface area contributed by atoms with Crippen molar-refractivity contribution in [3.8, 4) is 0 Å². The molecule has 0 fully saturated rings. The van der Waals surface area contributed by atoms with Crippen molar-refractivity contribution >= 4 is 5.97 Å². The Hall–Kier alpha value is -0.990. The Morgan fingerprint density at radius 1 is 1.89 bits per heavy atom. The van der Waals surface area contributed by atoms with Gasteiger partial charge in [-0.1, -0.05) is 6.58 Å². The summed E-state index contributed by atoms with van der Waals surface area (Å²) in [4.78, 5) is 10.4. The lowest BCUT2D eigenvalue weighted by Gasteiger charge is -1.97. The summed E-state index contributed by atoms with van der Waals surface area (Å²) >= 11 is 0. The first-order valence-corrected chi connectivity index (χ1v) is 2.72. The largest absolute Gasteiger partial charge is 0.469 e. The van der Waals surface area contributed by atoms with Crippen molar-refractivity contribution in [2.45, 2.75) is 6.42 Å². The molecule has 0 aliphatic heterocycles. The van der Waals surface area contributed by atoms with Gasteiger partial charge in [0.2, 0.25) is 0 Å². The SMILES string of the molecule is C=CNCCC(=O)OC. The average Bonchev–Trinajstić information content (AvgIpc) is 1.89. The van der Waals surface area contributed by atoms with Gasteiger partial charge in [0.1, 0.15) is 0 Å². The smallest absolute Gasteiger partial charge is 0.307 e. The maximum absolute atomic E-state index is 10.4. The zero-order valence-corrected chi connectivity index (χ0v) is 5.52. The summed E-state index contributed by atoms with van der Waals surface area (Å²) in [6.07, 6.45) is 1.94. The molecule has 3 nitrogen and oxygen atoms in total. The van der Waals surface area contributed by atoms with E-state index in [0.29, 0.717) is 13.0 Å². The highest BCUT2D eigenvalue weighted by Gasteiger charge is 1.95. The van der Waals surface area contributed by atoms with Crippen molar-refractivity contribution in [1.82, 2.24) is 5.32 Å². The van der Waals surface area contributed by atoms with Gasteiger partial charge in [0, 0.05) is 6.54 Å². The highest BCUT2D eigenvalue weighted by molar-refractivity contribution is 5.69. The molecule has 1 N–H and O–H groups in total. The summed E-state index contributed by atoms with van der Waals surface area (Å²) in [5, 5.41) is 2.78.